The first-order valence-corrected chi connectivity index (χ1v) is 12.8. The normalized spacial score (nSPS) is 15.9. The number of anilines is 1. The van der Waals surface area contributed by atoms with Gasteiger partial charge in [-0.25, -0.2) is 13.4 Å². The van der Waals surface area contributed by atoms with Gasteiger partial charge in [-0.05, 0) is 54.6 Å². The zero-order valence-electron chi connectivity index (χ0n) is 16.6. The van der Waals surface area contributed by atoms with Crippen molar-refractivity contribution in [1.82, 2.24) is 19.5 Å². The van der Waals surface area contributed by atoms with Crippen LogP contribution in [-0.4, -0.2) is 48.0 Å². The van der Waals surface area contributed by atoms with E-state index >= 15 is 0 Å². The fourth-order valence-electron chi connectivity index (χ4n) is 3.47. The second-order valence-corrected chi connectivity index (χ2v) is 11.3. The third-order valence-corrected chi connectivity index (χ3v) is 8.92. The third-order valence-electron chi connectivity index (χ3n) is 5.10. The van der Waals surface area contributed by atoms with Crippen molar-refractivity contribution in [3.05, 3.63) is 54.2 Å². The first kappa shape index (κ1) is 21.2. The highest BCUT2D eigenvalue weighted by molar-refractivity contribution is 8.01. The quantitative estimate of drug-likeness (QED) is 0.573. The van der Waals surface area contributed by atoms with Crippen molar-refractivity contribution in [2.75, 3.05) is 25.5 Å². The van der Waals surface area contributed by atoms with E-state index in [-0.39, 0.29) is 4.90 Å². The zero-order valence-corrected chi connectivity index (χ0v) is 19.0. The van der Waals surface area contributed by atoms with E-state index in [1.54, 1.807) is 23.5 Å². The summed E-state index contributed by atoms with van der Waals surface area (Å²) in [6.45, 7) is 1.10. The first-order valence-electron chi connectivity index (χ1n) is 9.74. The van der Waals surface area contributed by atoms with E-state index in [1.807, 2.05) is 6.07 Å². The van der Waals surface area contributed by atoms with E-state index in [9.17, 15) is 8.42 Å². The Kier molecular flexibility index (Phi) is 6.67. The molecule has 0 spiro atoms. The Hall–Kier alpha value is -2.01. The predicted octanol–water partition coefficient (Wildman–Crippen LogP) is 3.77. The van der Waals surface area contributed by atoms with Gasteiger partial charge in [0, 0.05) is 26.3 Å². The van der Waals surface area contributed by atoms with Crippen LogP contribution in [-0.2, 0) is 16.4 Å². The summed E-state index contributed by atoms with van der Waals surface area (Å²) in [7, 11) is -1.73. The lowest BCUT2D eigenvalue weighted by atomic mass is 9.91. The van der Waals surface area contributed by atoms with Gasteiger partial charge in [-0.3, -0.25) is 0 Å². The maximum atomic E-state index is 13.0. The summed E-state index contributed by atoms with van der Waals surface area (Å²) in [5.41, 5.74) is 1.31. The number of piperidine rings is 1. The number of hydrogen-bond acceptors (Lipinski definition) is 8. The number of benzene rings is 1. The predicted molar refractivity (Wildman–Crippen MR) is 119 cm³/mol. The van der Waals surface area contributed by atoms with Crippen LogP contribution in [0, 0.1) is 5.92 Å². The molecule has 0 saturated carbocycles. The summed E-state index contributed by atoms with van der Waals surface area (Å²) >= 11 is 2.79. The summed E-state index contributed by atoms with van der Waals surface area (Å²) in [4.78, 5) is 4.55. The molecule has 3 aromatic rings. The molecular formula is C20H23N5O2S3. The molecule has 30 heavy (non-hydrogen) atoms. The average Bonchev–Trinajstić information content (AvgIpc) is 3.23. The highest BCUT2D eigenvalue weighted by atomic mass is 32.2. The van der Waals surface area contributed by atoms with Crippen LogP contribution in [0.15, 0.2) is 62.9 Å². The fourth-order valence-corrected chi connectivity index (χ4v) is 6.48. The molecule has 0 radical (unpaired) electrons. The molecule has 0 aliphatic carbocycles. The molecule has 1 saturated heterocycles. The molecule has 0 unspecified atom stereocenters. The lowest BCUT2D eigenvalue weighted by Crippen LogP contribution is -2.38. The van der Waals surface area contributed by atoms with Crippen LogP contribution in [0.1, 0.15) is 18.4 Å². The Morgan fingerprint density at radius 2 is 1.90 bits per heavy atom. The molecule has 158 valence electrons. The molecule has 7 nitrogen and oxygen atoms in total. The molecule has 1 aliphatic heterocycles. The minimum Gasteiger partial charge on any atom is -0.363 e. The van der Waals surface area contributed by atoms with Gasteiger partial charge < -0.3 is 5.32 Å². The summed E-state index contributed by atoms with van der Waals surface area (Å²) < 4.78 is 28.4. The van der Waals surface area contributed by atoms with E-state index in [4.69, 9.17) is 0 Å². The first-order chi connectivity index (χ1) is 14.5. The Balaban J connectivity index is 1.36. The smallest absolute Gasteiger partial charge is 0.244 e. The van der Waals surface area contributed by atoms with Crippen molar-refractivity contribution in [2.24, 2.45) is 5.92 Å². The molecule has 0 bridgehead atoms. The molecule has 1 N–H and O–H groups in total. The van der Waals surface area contributed by atoms with Crippen molar-refractivity contribution < 1.29 is 8.42 Å². The lowest BCUT2D eigenvalue weighted by Gasteiger charge is -2.31. The van der Waals surface area contributed by atoms with Gasteiger partial charge in [0.1, 0.15) is 9.92 Å². The van der Waals surface area contributed by atoms with Crippen LogP contribution in [0.2, 0.25) is 0 Å². The SMILES string of the molecule is CNc1nnc(Sc2ccc(S(=O)(=O)N3CCC(Cc4ccccc4)CC3)cn2)s1. The van der Waals surface area contributed by atoms with Gasteiger partial charge >= 0.3 is 0 Å². The lowest BCUT2D eigenvalue weighted by molar-refractivity contribution is 0.273. The van der Waals surface area contributed by atoms with Gasteiger partial charge in [-0.2, -0.15) is 4.31 Å². The molecule has 1 aliphatic rings. The summed E-state index contributed by atoms with van der Waals surface area (Å²) in [5, 5.41) is 12.4. The van der Waals surface area contributed by atoms with Crippen molar-refractivity contribution in [1.29, 1.82) is 0 Å². The van der Waals surface area contributed by atoms with E-state index in [0.29, 0.717) is 24.0 Å². The fraction of sp³-hybridized carbons (Fsp3) is 0.350. The van der Waals surface area contributed by atoms with Gasteiger partial charge in [-0.15, -0.1) is 10.2 Å². The van der Waals surface area contributed by atoms with Crippen LogP contribution in [0.5, 0.6) is 0 Å². The van der Waals surface area contributed by atoms with E-state index < -0.39 is 10.0 Å². The summed E-state index contributed by atoms with van der Waals surface area (Å²) in [6, 6.07) is 13.7. The Labute approximate surface area is 185 Å². The van der Waals surface area contributed by atoms with Crippen LogP contribution in [0.3, 0.4) is 0 Å². The third kappa shape index (κ3) is 5.00. The van der Waals surface area contributed by atoms with Crippen molar-refractivity contribution in [3.63, 3.8) is 0 Å². The highest BCUT2D eigenvalue weighted by Gasteiger charge is 2.29. The molecule has 2 aromatic heterocycles. The maximum absolute atomic E-state index is 13.0. The van der Waals surface area contributed by atoms with Gasteiger partial charge in [0.2, 0.25) is 15.2 Å². The summed E-state index contributed by atoms with van der Waals surface area (Å²) in [5.74, 6) is 0.519. The second-order valence-electron chi connectivity index (χ2n) is 7.09. The molecule has 1 fully saturated rings. The van der Waals surface area contributed by atoms with E-state index in [2.05, 4.69) is 44.8 Å². The van der Waals surface area contributed by atoms with Crippen LogP contribution in [0.25, 0.3) is 0 Å². The van der Waals surface area contributed by atoms with Crippen molar-refractivity contribution in [3.8, 4) is 0 Å². The van der Waals surface area contributed by atoms with Crippen molar-refractivity contribution in [2.45, 2.75) is 33.5 Å². The van der Waals surface area contributed by atoms with Gasteiger partial charge in [-0.1, -0.05) is 41.7 Å². The number of hydrogen-bond donors (Lipinski definition) is 1. The van der Waals surface area contributed by atoms with Gasteiger partial charge in [0.25, 0.3) is 0 Å². The molecule has 10 heteroatoms. The standard InChI is InChI=1S/C20H23N5O2S3/c1-21-19-23-24-20(29-19)28-18-8-7-17(14-22-18)30(26,27)25-11-9-16(10-12-25)13-15-5-3-2-4-6-15/h2-8,14,16H,9-13H2,1H3,(H,21,23). The molecule has 3 heterocycles. The number of aromatic nitrogens is 3. The Bertz CT molecular complexity index is 1060. The van der Waals surface area contributed by atoms with Gasteiger partial charge in [0.15, 0.2) is 4.34 Å². The number of nitrogens with one attached hydrogen (secondary N) is 1. The summed E-state index contributed by atoms with van der Waals surface area (Å²) in [6.07, 6.45) is 4.19. The Morgan fingerprint density at radius 3 is 2.53 bits per heavy atom. The number of sulfonamides is 1. The zero-order chi connectivity index (χ0) is 21.0. The number of pyridine rings is 1. The molecule has 0 atom stereocenters. The Morgan fingerprint density at radius 1 is 1.13 bits per heavy atom. The number of rotatable bonds is 7. The van der Waals surface area contributed by atoms with E-state index in [0.717, 1.165) is 28.7 Å². The average molecular weight is 462 g/mol. The molecule has 1 aromatic carbocycles. The van der Waals surface area contributed by atoms with E-state index in [1.165, 1.54) is 34.9 Å². The van der Waals surface area contributed by atoms with Crippen LogP contribution in [0.4, 0.5) is 5.13 Å². The number of nitrogens with zero attached hydrogens (tertiary/aromatic N) is 4. The van der Waals surface area contributed by atoms with Crippen LogP contribution >= 0.6 is 23.1 Å². The highest BCUT2D eigenvalue weighted by Crippen LogP contribution is 2.31. The van der Waals surface area contributed by atoms with Gasteiger partial charge in [0.05, 0.1) is 0 Å². The monoisotopic (exact) mass is 461 g/mol. The maximum Gasteiger partial charge on any atom is 0.244 e. The molecule has 4 rings (SSSR count). The second kappa shape index (κ2) is 9.42. The molecule has 0 amide bonds. The minimum absolute atomic E-state index is 0.238. The molecular weight excluding hydrogens is 438 g/mol. The topological polar surface area (TPSA) is 88.1 Å². The van der Waals surface area contributed by atoms with Crippen molar-refractivity contribution >= 4 is 38.3 Å². The largest absolute Gasteiger partial charge is 0.363 e. The minimum atomic E-state index is -3.52. The van der Waals surface area contributed by atoms with Crippen LogP contribution < -0.4 is 5.32 Å².